The Morgan fingerprint density at radius 2 is 1.77 bits per heavy atom. The summed E-state index contributed by atoms with van der Waals surface area (Å²) in [5.74, 6) is -3.05. The van der Waals surface area contributed by atoms with Crippen LogP contribution in [0.2, 0.25) is 0 Å². The fourth-order valence-corrected chi connectivity index (χ4v) is 9.07. The molecule has 4 rings (SSSR count). The van der Waals surface area contributed by atoms with E-state index in [2.05, 4.69) is 13.0 Å². The lowest BCUT2D eigenvalue weighted by Crippen LogP contribution is -2.47. The SMILES string of the molecule is CN(C)CCN(C)C(=O)Oc1ccc2c(c1)C[C@@H](CCCS(=O)CCCC(F)(F)C(F)(F)F)[C@@H]1[C@@H]2CC[C@]2(C)[C@@H](O)CC[C@@H]12. The molecule has 0 spiro atoms. The van der Waals surface area contributed by atoms with Gasteiger partial charge in [0.1, 0.15) is 5.75 Å². The molecule has 1 aromatic rings. The molecule has 2 fully saturated rings. The lowest BCUT2D eigenvalue weighted by molar-refractivity contribution is -0.284. The van der Waals surface area contributed by atoms with Crippen LogP contribution in [0.1, 0.15) is 75.3 Å². The monoisotopic (exact) mass is 650 g/mol. The smallest absolute Gasteiger partial charge is 0.410 e. The molecular formula is C32H47F5N2O4S. The highest BCUT2D eigenvalue weighted by atomic mass is 32.2. The third-order valence-corrected chi connectivity index (χ3v) is 11.9. The molecule has 1 N–H and O–H groups in total. The zero-order valence-corrected chi connectivity index (χ0v) is 27.0. The Morgan fingerprint density at radius 1 is 1.07 bits per heavy atom. The summed E-state index contributed by atoms with van der Waals surface area (Å²) >= 11 is 0. The number of aliphatic hydroxyl groups is 1. The molecule has 44 heavy (non-hydrogen) atoms. The number of nitrogens with zero attached hydrogens (tertiary/aromatic N) is 2. The van der Waals surface area contributed by atoms with Gasteiger partial charge >= 0.3 is 18.2 Å². The average molecular weight is 651 g/mol. The molecule has 250 valence electrons. The van der Waals surface area contributed by atoms with Gasteiger partial charge in [-0.25, -0.2) is 4.79 Å². The van der Waals surface area contributed by atoms with Crippen LogP contribution in [0, 0.1) is 23.2 Å². The fourth-order valence-electron chi connectivity index (χ4n) is 7.91. The van der Waals surface area contributed by atoms with Gasteiger partial charge in [-0.3, -0.25) is 4.21 Å². The molecule has 0 aromatic heterocycles. The van der Waals surface area contributed by atoms with Crippen LogP contribution in [0.3, 0.4) is 0 Å². The number of ether oxygens (including phenoxy) is 1. The predicted octanol–water partition coefficient (Wildman–Crippen LogP) is 6.63. The summed E-state index contributed by atoms with van der Waals surface area (Å²) < 4.78 is 82.2. The third-order valence-electron chi connectivity index (χ3n) is 10.4. The molecular weight excluding hydrogens is 603 g/mol. The maximum absolute atomic E-state index is 13.2. The number of carbonyl (C=O) groups excluding carboxylic acids is 1. The summed E-state index contributed by atoms with van der Waals surface area (Å²) in [6, 6.07) is 5.88. The Morgan fingerprint density at radius 3 is 2.45 bits per heavy atom. The zero-order valence-electron chi connectivity index (χ0n) is 26.2. The van der Waals surface area contributed by atoms with Crippen molar-refractivity contribution in [2.45, 2.75) is 88.8 Å². The van der Waals surface area contributed by atoms with Gasteiger partial charge < -0.3 is 19.6 Å². The molecule has 0 saturated heterocycles. The van der Waals surface area contributed by atoms with Gasteiger partial charge in [-0.2, -0.15) is 22.0 Å². The number of benzene rings is 1. The van der Waals surface area contributed by atoms with Crippen LogP contribution in [0.5, 0.6) is 5.75 Å². The average Bonchev–Trinajstić information content (AvgIpc) is 3.24. The molecule has 3 aliphatic carbocycles. The summed E-state index contributed by atoms with van der Waals surface area (Å²) in [6.07, 6.45) is -2.55. The summed E-state index contributed by atoms with van der Waals surface area (Å²) in [4.78, 5) is 16.2. The first-order chi connectivity index (χ1) is 20.5. The Kier molecular flexibility index (Phi) is 11.1. The molecule has 12 heteroatoms. The summed E-state index contributed by atoms with van der Waals surface area (Å²) in [5, 5.41) is 10.9. The molecule has 1 unspecified atom stereocenters. The van der Waals surface area contributed by atoms with Crippen molar-refractivity contribution in [1.29, 1.82) is 0 Å². The summed E-state index contributed by atoms with van der Waals surface area (Å²) in [6.45, 7) is 3.43. The number of amides is 1. The molecule has 2 saturated carbocycles. The predicted molar refractivity (Wildman–Crippen MR) is 160 cm³/mol. The lowest BCUT2D eigenvalue weighted by atomic mass is 9.52. The zero-order chi connectivity index (χ0) is 32.4. The maximum atomic E-state index is 13.2. The molecule has 0 aliphatic heterocycles. The van der Waals surface area contributed by atoms with E-state index in [0.29, 0.717) is 37.1 Å². The van der Waals surface area contributed by atoms with Crippen molar-refractivity contribution in [1.82, 2.24) is 9.80 Å². The molecule has 0 radical (unpaired) electrons. The number of aliphatic hydroxyl groups excluding tert-OH is 1. The topological polar surface area (TPSA) is 70.1 Å². The number of hydrogen-bond donors (Lipinski definition) is 1. The molecule has 1 amide bonds. The number of likely N-dealkylation sites (N-methyl/N-ethyl adjacent to an activating group) is 2. The minimum absolute atomic E-state index is 0.157. The van der Waals surface area contributed by atoms with E-state index < -0.39 is 41.8 Å². The number of halogens is 5. The number of hydrogen-bond acceptors (Lipinski definition) is 5. The third kappa shape index (κ3) is 7.77. The van der Waals surface area contributed by atoms with Gasteiger partial charge in [-0.1, -0.05) is 13.0 Å². The van der Waals surface area contributed by atoms with Crippen LogP contribution in [0.15, 0.2) is 18.2 Å². The van der Waals surface area contributed by atoms with Crippen LogP contribution in [-0.4, -0.2) is 89.1 Å². The second-order valence-corrected chi connectivity index (χ2v) is 15.3. The van der Waals surface area contributed by atoms with Crippen LogP contribution in [0.4, 0.5) is 26.7 Å². The van der Waals surface area contributed by atoms with E-state index in [-0.39, 0.29) is 34.9 Å². The first kappa shape index (κ1) is 35.1. The van der Waals surface area contributed by atoms with E-state index in [1.807, 2.05) is 31.1 Å². The van der Waals surface area contributed by atoms with Gasteiger partial charge in [0.2, 0.25) is 0 Å². The van der Waals surface area contributed by atoms with E-state index in [1.165, 1.54) is 10.5 Å². The Labute approximate surface area is 260 Å². The molecule has 7 atom stereocenters. The number of rotatable bonds is 12. The van der Waals surface area contributed by atoms with E-state index in [0.717, 1.165) is 44.1 Å². The minimum Gasteiger partial charge on any atom is -0.410 e. The normalized spacial score (nSPS) is 29.1. The van der Waals surface area contributed by atoms with Crippen LogP contribution >= 0.6 is 0 Å². The summed E-state index contributed by atoms with van der Waals surface area (Å²) in [7, 11) is 4.08. The van der Waals surface area contributed by atoms with Gasteiger partial charge in [-0.05, 0) is 118 Å². The van der Waals surface area contributed by atoms with Crippen LogP contribution in [0.25, 0.3) is 0 Å². The molecule has 0 heterocycles. The molecule has 1 aromatic carbocycles. The van der Waals surface area contributed by atoms with Crippen molar-refractivity contribution in [2.24, 2.45) is 23.2 Å². The van der Waals surface area contributed by atoms with Gasteiger partial charge in [0.05, 0.1) is 6.10 Å². The first-order valence-corrected chi connectivity index (χ1v) is 17.2. The quantitative estimate of drug-likeness (QED) is 0.258. The highest BCUT2D eigenvalue weighted by Gasteiger charge is 2.57. The van der Waals surface area contributed by atoms with E-state index >= 15 is 0 Å². The molecule has 3 aliphatic rings. The van der Waals surface area contributed by atoms with E-state index in [9.17, 15) is 36.1 Å². The van der Waals surface area contributed by atoms with Crippen molar-refractivity contribution in [3.8, 4) is 5.75 Å². The van der Waals surface area contributed by atoms with Crippen molar-refractivity contribution >= 4 is 16.9 Å². The van der Waals surface area contributed by atoms with Crippen molar-refractivity contribution in [2.75, 3.05) is 45.7 Å². The van der Waals surface area contributed by atoms with Gasteiger partial charge in [-0.15, -0.1) is 0 Å². The van der Waals surface area contributed by atoms with E-state index in [1.54, 1.807) is 7.05 Å². The Hall–Kier alpha value is -1.79. The number of alkyl halides is 5. The standard InChI is InChI=1S/C32H47F5N2O4S/c1-30-14-12-25-24-9-8-23(43-29(41)39(4)16-15-38(2)3)20-22(24)19-21(28(25)26(30)10-11-27(30)40)7-5-17-44(42)18-6-13-31(33,34)32(35,36)37/h8-9,20-21,25-28,40H,5-7,10-19H2,1-4H3/t21-,25-,26+,27+,28-,30+,44?/m1/s1. The fraction of sp³-hybridized carbons (Fsp3) is 0.781. The van der Waals surface area contributed by atoms with Gasteiger partial charge in [0.25, 0.3) is 0 Å². The van der Waals surface area contributed by atoms with Crippen LogP contribution < -0.4 is 4.74 Å². The maximum Gasteiger partial charge on any atom is 0.453 e. The van der Waals surface area contributed by atoms with Crippen molar-refractivity contribution in [3.05, 3.63) is 29.3 Å². The highest BCUT2D eigenvalue weighted by Crippen LogP contribution is 2.62. The Bertz CT molecular complexity index is 1180. The number of fused-ring (bicyclic) bond motifs is 5. The summed E-state index contributed by atoms with van der Waals surface area (Å²) in [5.41, 5.74) is 2.22. The molecule has 0 bridgehead atoms. The van der Waals surface area contributed by atoms with Gasteiger partial charge in [0.15, 0.2) is 0 Å². The first-order valence-electron chi connectivity index (χ1n) is 15.7. The van der Waals surface area contributed by atoms with Crippen molar-refractivity contribution in [3.63, 3.8) is 0 Å². The second kappa shape index (κ2) is 13.9. The number of carbonyl (C=O) groups is 1. The largest absolute Gasteiger partial charge is 0.453 e. The molecule has 6 nitrogen and oxygen atoms in total. The van der Waals surface area contributed by atoms with Crippen molar-refractivity contribution < 1.29 is 40.8 Å². The minimum atomic E-state index is -5.59. The Balaban J connectivity index is 1.44. The highest BCUT2D eigenvalue weighted by molar-refractivity contribution is 7.84. The lowest BCUT2D eigenvalue weighted by Gasteiger charge is -2.53. The second-order valence-electron chi connectivity index (χ2n) is 13.6. The van der Waals surface area contributed by atoms with Crippen LogP contribution in [-0.2, 0) is 17.2 Å². The van der Waals surface area contributed by atoms with Gasteiger partial charge in [0, 0.05) is 48.9 Å². The van der Waals surface area contributed by atoms with E-state index in [4.69, 9.17) is 4.74 Å².